The molecule has 0 spiro atoms. The van der Waals surface area contributed by atoms with Gasteiger partial charge in [-0.3, -0.25) is 9.78 Å². The van der Waals surface area contributed by atoms with E-state index in [-0.39, 0.29) is 18.2 Å². The fourth-order valence-electron chi connectivity index (χ4n) is 5.09. The van der Waals surface area contributed by atoms with E-state index in [9.17, 15) is 19.5 Å². The zero-order valence-corrected chi connectivity index (χ0v) is 25.1. The number of benzene rings is 2. The summed E-state index contributed by atoms with van der Waals surface area (Å²) in [6, 6.07) is 15.0. The summed E-state index contributed by atoms with van der Waals surface area (Å²) in [6.45, 7) is 9.26. The maximum Gasteiger partial charge on any atom is 0.415 e. The van der Waals surface area contributed by atoms with Crippen molar-refractivity contribution in [2.24, 2.45) is 11.8 Å². The molecule has 3 aromatic rings. The maximum absolute atomic E-state index is 13.7. The Morgan fingerprint density at radius 2 is 1.68 bits per heavy atom. The van der Waals surface area contributed by atoms with Crippen molar-refractivity contribution in [1.82, 2.24) is 9.88 Å². The molecule has 9 heteroatoms. The highest BCUT2D eigenvalue weighted by molar-refractivity contribution is 7.98. The summed E-state index contributed by atoms with van der Waals surface area (Å²) in [7, 11) is 0. The van der Waals surface area contributed by atoms with E-state index in [1.54, 1.807) is 28.8 Å². The number of hydrogen-bond donors (Lipinski definition) is 1. The molecule has 4 rings (SSSR count). The summed E-state index contributed by atoms with van der Waals surface area (Å²) in [6.07, 6.45) is 3.54. The van der Waals surface area contributed by atoms with Crippen molar-refractivity contribution in [2.45, 2.75) is 51.5 Å². The second-order valence-corrected chi connectivity index (χ2v) is 11.9. The molecule has 2 heterocycles. The van der Waals surface area contributed by atoms with Crippen molar-refractivity contribution >= 4 is 29.6 Å². The predicted molar refractivity (Wildman–Crippen MR) is 158 cm³/mol. The minimum atomic E-state index is -1.38. The van der Waals surface area contributed by atoms with Crippen LogP contribution in [0.5, 0.6) is 11.5 Å². The van der Waals surface area contributed by atoms with E-state index in [4.69, 9.17) is 9.47 Å². The quantitative estimate of drug-likeness (QED) is 0.239. The summed E-state index contributed by atoms with van der Waals surface area (Å²) in [4.78, 5) is 45.3. The van der Waals surface area contributed by atoms with E-state index in [1.165, 1.54) is 20.0 Å². The molecular weight excluding hydrogens is 540 g/mol. The van der Waals surface area contributed by atoms with Crippen molar-refractivity contribution in [1.29, 1.82) is 0 Å². The van der Waals surface area contributed by atoms with Crippen LogP contribution in [0.3, 0.4) is 0 Å². The van der Waals surface area contributed by atoms with Crippen LogP contribution in [0.15, 0.2) is 59.6 Å². The zero-order chi connectivity index (χ0) is 29.9. The van der Waals surface area contributed by atoms with Gasteiger partial charge in [0.15, 0.2) is 17.1 Å². The van der Waals surface area contributed by atoms with E-state index in [0.717, 1.165) is 27.3 Å². The smallest absolute Gasteiger partial charge is 0.415 e. The lowest BCUT2D eigenvalue weighted by atomic mass is 9.84. The molecule has 2 atom stereocenters. The summed E-state index contributed by atoms with van der Waals surface area (Å²) in [5, 5.41) is 9.50. The minimum absolute atomic E-state index is 0.00781. The van der Waals surface area contributed by atoms with Crippen LogP contribution in [0.2, 0.25) is 0 Å². The SMILES string of the molecule is CSc1ccc(C(=O)C2CN(C(=O)Oc3ccc(C)nc3)CC2Cc2cc(C)c(OC(C)(C)C(=O)O)c(C)c2)cc1. The Bertz CT molecular complexity index is 1410. The normalized spacial score (nSPS) is 16.9. The van der Waals surface area contributed by atoms with E-state index < -0.39 is 23.6 Å². The molecule has 2 aromatic carbocycles. The number of pyridine rings is 1. The molecule has 0 aliphatic carbocycles. The van der Waals surface area contributed by atoms with Gasteiger partial charge in [0, 0.05) is 35.2 Å². The second-order valence-electron chi connectivity index (χ2n) is 11.0. The number of carbonyl (C=O) groups excluding carboxylic acids is 2. The summed E-state index contributed by atoms with van der Waals surface area (Å²) >= 11 is 1.61. The molecule has 1 fully saturated rings. The fraction of sp³-hybridized carbons (Fsp3) is 0.375. The number of nitrogens with zero attached hydrogens (tertiary/aromatic N) is 2. The van der Waals surface area contributed by atoms with Crippen LogP contribution in [-0.2, 0) is 11.2 Å². The van der Waals surface area contributed by atoms with E-state index in [2.05, 4.69) is 4.98 Å². The Morgan fingerprint density at radius 1 is 1.02 bits per heavy atom. The highest BCUT2D eigenvalue weighted by Gasteiger charge is 2.41. The van der Waals surface area contributed by atoms with Gasteiger partial charge in [0.1, 0.15) is 5.75 Å². The number of Topliss-reactive ketones (excluding diaryl/α,β-unsaturated/α-hetero) is 1. The van der Waals surface area contributed by atoms with Gasteiger partial charge in [0.05, 0.1) is 6.20 Å². The Labute approximate surface area is 245 Å². The van der Waals surface area contributed by atoms with E-state index in [0.29, 0.717) is 30.0 Å². The number of carboxylic acids is 1. The largest absolute Gasteiger partial charge is 0.478 e. The van der Waals surface area contributed by atoms with Crippen molar-refractivity contribution in [2.75, 3.05) is 19.3 Å². The molecule has 8 nitrogen and oxygen atoms in total. The molecule has 41 heavy (non-hydrogen) atoms. The Balaban J connectivity index is 1.59. The number of carboxylic acid groups (broad SMARTS) is 1. The number of carbonyl (C=O) groups is 3. The van der Waals surface area contributed by atoms with Gasteiger partial charge < -0.3 is 19.5 Å². The zero-order valence-electron chi connectivity index (χ0n) is 24.3. The predicted octanol–water partition coefficient (Wildman–Crippen LogP) is 6.14. The molecule has 216 valence electrons. The average molecular weight is 577 g/mol. The van der Waals surface area contributed by atoms with Crippen LogP contribution in [0.25, 0.3) is 0 Å². The third kappa shape index (κ3) is 7.08. The molecule has 1 aliphatic heterocycles. The first-order chi connectivity index (χ1) is 19.4. The third-order valence-corrected chi connectivity index (χ3v) is 8.13. The highest BCUT2D eigenvalue weighted by atomic mass is 32.2. The highest BCUT2D eigenvalue weighted by Crippen LogP contribution is 2.34. The lowest BCUT2D eigenvalue weighted by Gasteiger charge is -2.25. The molecule has 1 aromatic heterocycles. The Morgan fingerprint density at radius 3 is 2.24 bits per heavy atom. The molecule has 1 aliphatic rings. The monoisotopic (exact) mass is 576 g/mol. The van der Waals surface area contributed by atoms with Crippen molar-refractivity contribution in [3.63, 3.8) is 0 Å². The summed E-state index contributed by atoms with van der Waals surface area (Å²) in [5.74, 6) is -0.733. The van der Waals surface area contributed by atoms with E-state index >= 15 is 0 Å². The number of hydrogen-bond acceptors (Lipinski definition) is 7. The van der Waals surface area contributed by atoms with Gasteiger partial charge in [-0.25, -0.2) is 9.59 Å². The molecule has 0 radical (unpaired) electrons. The van der Waals surface area contributed by atoms with Gasteiger partial charge in [-0.15, -0.1) is 11.8 Å². The van der Waals surface area contributed by atoms with Crippen molar-refractivity contribution in [3.05, 3.63) is 82.7 Å². The first-order valence-corrected chi connectivity index (χ1v) is 14.7. The van der Waals surface area contributed by atoms with E-state index in [1.807, 2.05) is 63.4 Å². The number of thioether (sulfide) groups is 1. The van der Waals surface area contributed by atoms with Crippen LogP contribution in [0, 0.1) is 32.6 Å². The second kappa shape index (κ2) is 12.3. The summed E-state index contributed by atoms with van der Waals surface area (Å²) < 4.78 is 11.4. The number of ketones is 1. The lowest BCUT2D eigenvalue weighted by Crippen LogP contribution is -2.38. The number of aliphatic carboxylic acids is 1. The Hall–Kier alpha value is -3.85. The van der Waals surface area contributed by atoms with Crippen LogP contribution < -0.4 is 9.47 Å². The number of rotatable bonds is 9. The average Bonchev–Trinajstić information content (AvgIpc) is 3.35. The van der Waals surface area contributed by atoms with Gasteiger partial charge in [0.25, 0.3) is 0 Å². The minimum Gasteiger partial charge on any atom is -0.478 e. The molecule has 0 bridgehead atoms. The number of amides is 1. The van der Waals surface area contributed by atoms with Crippen molar-refractivity contribution < 1.29 is 29.0 Å². The topological polar surface area (TPSA) is 106 Å². The van der Waals surface area contributed by atoms with Gasteiger partial charge in [-0.05, 0) is 94.2 Å². The van der Waals surface area contributed by atoms with Crippen LogP contribution in [0.4, 0.5) is 4.79 Å². The number of likely N-dealkylation sites (tertiary alicyclic amines) is 1. The maximum atomic E-state index is 13.7. The molecule has 1 N–H and O–H groups in total. The lowest BCUT2D eigenvalue weighted by molar-refractivity contribution is -0.152. The first kappa shape index (κ1) is 30.1. The van der Waals surface area contributed by atoms with Crippen molar-refractivity contribution in [3.8, 4) is 11.5 Å². The molecular formula is C32H36N2O6S. The standard InChI is InChI=1S/C32H36N2O6S/c1-19-13-22(14-20(2)29(19)40-32(4,5)30(36)37)15-24-17-34(31(38)39-25-10-7-21(3)33-16-25)18-27(24)28(35)23-8-11-26(41-6)12-9-23/h7-14,16,24,27H,15,17-18H2,1-6H3,(H,36,37). The van der Waals surface area contributed by atoms with Crippen LogP contribution in [-0.4, -0.2) is 57.8 Å². The van der Waals surface area contributed by atoms with Gasteiger partial charge in [-0.2, -0.15) is 0 Å². The summed E-state index contributed by atoms with van der Waals surface area (Å²) in [5.41, 5.74) is 2.66. The van der Waals surface area contributed by atoms with Crippen LogP contribution in [0.1, 0.15) is 46.6 Å². The van der Waals surface area contributed by atoms with Gasteiger partial charge >= 0.3 is 12.1 Å². The Kier molecular flexibility index (Phi) is 9.07. The molecule has 2 unspecified atom stereocenters. The van der Waals surface area contributed by atoms with Gasteiger partial charge in [0.2, 0.25) is 0 Å². The number of ether oxygens (including phenoxy) is 2. The van der Waals surface area contributed by atoms with Crippen LogP contribution >= 0.6 is 11.8 Å². The first-order valence-electron chi connectivity index (χ1n) is 13.5. The molecule has 1 amide bonds. The van der Waals surface area contributed by atoms with Gasteiger partial charge in [-0.1, -0.05) is 24.3 Å². The molecule has 0 saturated carbocycles. The number of aryl methyl sites for hydroxylation is 3. The molecule has 1 saturated heterocycles. The fourth-order valence-corrected chi connectivity index (χ4v) is 5.50. The third-order valence-electron chi connectivity index (χ3n) is 7.39. The number of aromatic nitrogens is 1.